The zero-order valence-corrected chi connectivity index (χ0v) is 19.9. The number of aromatic nitrogens is 1. The first kappa shape index (κ1) is 23.3. The largest absolute Gasteiger partial charge is 0.481 e. The van der Waals surface area contributed by atoms with Gasteiger partial charge in [-0.1, -0.05) is 85.8 Å². The fourth-order valence-electron chi connectivity index (χ4n) is 4.73. The third-order valence-corrected chi connectivity index (χ3v) is 7.01. The lowest BCUT2D eigenvalue weighted by molar-refractivity contribution is -0.143. The van der Waals surface area contributed by atoms with Crippen LogP contribution < -0.4 is 0 Å². The van der Waals surface area contributed by atoms with Gasteiger partial charge in [0, 0.05) is 27.3 Å². The van der Waals surface area contributed by atoms with E-state index in [0.717, 1.165) is 33.3 Å². The van der Waals surface area contributed by atoms with Gasteiger partial charge in [0.25, 0.3) is 0 Å². The molecule has 1 aromatic heterocycles. The quantitative estimate of drug-likeness (QED) is 0.358. The Balaban J connectivity index is 1.72. The molecule has 0 radical (unpaired) electrons. The molecule has 3 nitrogen and oxygen atoms in total. The molecule has 0 spiro atoms. The molecule has 0 bridgehead atoms. The standard InChI is InChI=1S/C28H25Cl2NO2/c1-18(25-12-10-19-9-11-22(30)17-26(19)31-25)20-6-5-7-21(16-20)23(13-15-29)28(2)14-4-3-8-24(28)27(32)33/h3-12,14,16-17,23-24H,1,13,15H2,2H3,(H,32,33). The molecule has 5 heteroatoms. The maximum Gasteiger partial charge on any atom is 0.311 e. The normalized spacial score (nSPS) is 20.6. The van der Waals surface area contributed by atoms with E-state index in [0.29, 0.717) is 17.3 Å². The van der Waals surface area contributed by atoms with Crippen LogP contribution in [-0.2, 0) is 4.79 Å². The number of fused-ring (bicyclic) bond motifs is 1. The van der Waals surface area contributed by atoms with E-state index in [1.807, 2.05) is 67.6 Å². The topological polar surface area (TPSA) is 50.2 Å². The molecule has 3 aromatic rings. The molecule has 3 atom stereocenters. The van der Waals surface area contributed by atoms with Gasteiger partial charge in [-0.2, -0.15) is 0 Å². The smallest absolute Gasteiger partial charge is 0.311 e. The number of benzene rings is 2. The van der Waals surface area contributed by atoms with Gasteiger partial charge < -0.3 is 5.11 Å². The first-order valence-electron chi connectivity index (χ1n) is 10.8. The van der Waals surface area contributed by atoms with E-state index in [1.165, 1.54) is 0 Å². The Morgan fingerprint density at radius 3 is 2.73 bits per heavy atom. The molecule has 0 fully saturated rings. The highest BCUT2D eigenvalue weighted by Crippen LogP contribution is 2.48. The van der Waals surface area contributed by atoms with Gasteiger partial charge in [-0.3, -0.25) is 4.79 Å². The van der Waals surface area contributed by atoms with Gasteiger partial charge in [-0.05, 0) is 41.7 Å². The Morgan fingerprint density at radius 2 is 1.97 bits per heavy atom. The summed E-state index contributed by atoms with van der Waals surface area (Å²) in [6, 6.07) is 17.7. The van der Waals surface area contributed by atoms with E-state index in [9.17, 15) is 9.90 Å². The fourth-order valence-corrected chi connectivity index (χ4v) is 5.11. The molecule has 3 unspecified atom stereocenters. The molecule has 0 saturated carbocycles. The molecule has 33 heavy (non-hydrogen) atoms. The first-order valence-corrected chi connectivity index (χ1v) is 11.8. The maximum atomic E-state index is 12.1. The molecule has 1 heterocycles. The molecule has 2 aromatic carbocycles. The molecule has 168 valence electrons. The molecule has 0 aliphatic heterocycles. The summed E-state index contributed by atoms with van der Waals surface area (Å²) in [4.78, 5) is 16.8. The minimum Gasteiger partial charge on any atom is -0.481 e. The summed E-state index contributed by atoms with van der Waals surface area (Å²) in [7, 11) is 0. The molecular weight excluding hydrogens is 453 g/mol. The Labute approximate surface area is 204 Å². The molecule has 0 saturated heterocycles. The van der Waals surface area contributed by atoms with Gasteiger partial charge in [-0.15, -0.1) is 11.6 Å². The minimum absolute atomic E-state index is 0.0755. The Bertz CT molecular complexity index is 1280. The van der Waals surface area contributed by atoms with E-state index in [2.05, 4.69) is 12.6 Å². The predicted octanol–water partition coefficient (Wildman–Crippen LogP) is 7.50. The van der Waals surface area contributed by atoms with Crippen molar-refractivity contribution in [1.82, 2.24) is 4.98 Å². The van der Waals surface area contributed by atoms with Crippen molar-refractivity contribution in [3.05, 3.63) is 107 Å². The number of pyridine rings is 1. The van der Waals surface area contributed by atoms with Crippen LogP contribution in [0.3, 0.4) is 0 Å². The van der Waals surface area contributed by atoms with Crippen molar-refractivity contribution in [2.75, 3.05) is 5.88 Å². The van der Waals surface area contributed by atoms with E-state index in [4.69, 9.17) is 28.2 Å². The summed E-state index contributed by atoms with van der Waals surface area (Å²) in [6.07, 6.45) is 8.14. The minimum atomic E-state index is -0.836. The number of halogens is 2. The average molecular weight is 478 g/mol. The van der Waals surface area contributed by atoms with Crippen molar-refractivity contribution in [3.8, 4) is 0 Å². The summed E-state index contributed by atoms with van der Waals surface area (Å²) < 4.78 is 0. The Hall–Kier alpha value is -2.88. The predicted molar refractivity (Wildman–Crippen MR) is 137 cm³/mol. The van der Waals surface area contributed by atoms with Crippen LogP contribution in [0.4, 0.5) is 0 Å². The first-order chi connectivity index (χ1) is 15.8. The second-order valence-corrected chi connectivity index (χ2v) is 9.41. The maximum absolute atomic E-state index is 12.1. The van der Waals surface area contributed by atoms with E-state index < -0.39 is 17.3 Å². The third kappa shape index (κ3) is 4.62. The Kier molecular flexibility index (Phi) is 6.73. The number of allylic oxidation sites excluding steroid dienone is 3. The molecule has 1 aliphatic rings. The van der Waals surface area contributed by atoms with Crippen molar-refractivity contribution < 1.29 is 9.90 Å². The third-order valence-electron chi connectivity index (χ3n) is 6.56. The van der Waals surface area contributed by atoms with Crippen LogP contribution in [0.15, 0.2) is 85.5 Å². The van der Waals surface area contributed by atoms with Crippen LogP contribution in [0.25, 0.3) is 16.5 Å². The van der Waals surface area contributed by atoms with Crippen molar-refractivity contribution in [3.63, 3.8) is 0 Å². The lowest BCUT2D eigenvalue weighted by Crippen LogP contribution is -2.37. The molecule has 0 amide bonds. The van der Waals surface area contributed by atoms with E-state index in [1.54, 1.807) is 12.2 Å². The van der Waals surface area contributed by atoms with Crippen molar-refractivity contribution >= 4 is 45.6 Å². The lowest BCUT2D eigenvalue weighted by Gasteiger charge is -2.40. The van der Waals surface area contributed by atoms with Gasteiger partial charge in [0.05, 0.1) is 17.1 Å². The number of alkyl halides is 1. The number of carbonyl (C=O) groups is 1. The SMILES string of the molecule is C=C(c1cccc(C(CCCl)C2(C)C=CC=CC2C(=O)O)c1)c1ccc2ccc(Cl)cc2n1. The zero-order valence-electron chi connectivity index (χ0n) is 18.3. The number of aliphatic carboxylic acids is 1. The van der Waals surface area contributed by atoms with Crippen LogP contribution in [0.5, 0.6) is 0 Å². The van der Waals surface area contributed by atoms with E-state index in [-0.39, 0.29) is 5.92 Å². The Morgan fingerprint density at radius 1 is 1.18 bits per heavy atom. The van der Waals surface area contributed by atoms with Gasteiger partial charge in [0.2, 0.25) is 0 Å². The zero-order chi connectivity index (χ0) is 23.6. The highest BCUT2D eigenvalue weighted by molar-refractivity contribution is 6.31. The highest BCUT2D eigenvalue weighted by atomic mass is 35.5. The number of nitrogens with zero attached hydrogens (tertiary/aromatic N) is 1. The summed E-state index contributed by atoms with van der Waals surface area (Å²) in [5.74, 6) is -1.11. The van der Waals surface area contributed by atoms with E-state index >= 15 is 0 Å². The number of hydrogen-bond donors (Lipinski definition) is 1. The fraction of sp³-hybridized carbons (Fsp3) is 0.214. The summed E-state index contributed by atoms with van der Waals surface area (Å²) in [6.45, 7) is 6.30. The molecular formula is C28H25Cl2NO2. The summed E-state index contributed by atoms with van der Waals surface area (Å²) >= 11 is 12.3. The number of rotatable bonds is 7. The molecule has 1 aliphatic carbocycles. The van der Waals surface area contributed by atoms with Crippen LogP contribution >= 0.6 is 23.2 Å². The van der Waals surface area contributed by atoms with Crippen molar-refractivity contribution in [2.45, 2.75) is 19.3 Å². The molecule has 4 rings (SSSR count). The van der Waals surface area contributed by atoms with Crippen LogP contribution in [-0.4, -0.2) is 21.9 Å². The lowest BCUT2D eigenvalue weighted by atomic mass is 9.63. The van der Waals surface area contributed by atoms with Crippen molar-refractivity contribution in [2.24, 2.45) is 11.3 Å². The monoisotopic (exact) mass is 477 g/mol. The summed E-state index contributed by atoms with van der Waals surface area (Å²) in [5, 5.41) is 11.5. The van der Waals surface area contributed by atoms with Gasteiger partial charge in [0.15, 0.2) is 0 Å². The number of carboxylic acids is 1. The van der Waals surface area contributed by atoms with Gasteiger partial charge in [0.1, 0.15) is 0 Å². The number of hydrogen-bond acceptors (Lipinski definition) is 2. The van der Waals surface area contributed by atoms with Gasteiger partial charge in [-0.25, -0.2) is 4.98 Å². The van der Waals surface area contributed by atoms with Crippen LogP contribution in [0.1, 0.15) is 36.1 Å². The average Bonchev–Trinajstić information content (AvgIpc) is 2.81. The second kappa shape index (κ2) is 9.54. The number of carboxylic acid groups (broad SMARTS) is 1. The highest BCUT2D eigenvalue weighted by Gasteiger charge is 2.43. The molecule has 1 N–H and O–H groups in total. The summed E-state index contributed by atoms with van der Waals surface area (Å²) in [5.41, 5.74) is 3.74. The van der Waals surface area contributed by atoms with Gasteiger partial charge >= 0.3 is 5.97 Å². The van der Waals surface area contributed by atoms with Crippen molar-refractivity contribution in [1.29, 1.82) is 0 Å². The van der Waals surface area contributed by atoms with Crippen LogP contribution in [0.2, 0.25) is 5.02 Å². The van der Waals surface area contributed by atoms with Crippen LogP contribution in [0, 0.1) is 11.3 Å². The second-order valence-electron chi connectivity index (χ2n) is 8.59.